The summed E-state index contributed by atoms with van der Waals surface area (Å²) in [5.41, 5.74) is 7.08. The Labute approximate surface area is 192 Å². The zero-order chi connectivity index (χ0) is 24.0. The molecule has 2 saturated heterocycles. The molecule has 0 aliphatic carbocycles. The predicted octanol–water partition coefficient (Wildman–Crippen LogP) is 4.05. The molecule has 0 saturated carbocycles. The highest BCUT2D eigenvalue weighted by molar-refractivity contribution is 5.82. The molecule has 1 aromatic rings. The molecule has 1 unspecified atom stereocenters. The van der Waals surface area contributed by atoms with Gasteiger partial charge in [0, 0.05) is 25.9 Å². The van der Waals surface area contributed by atoms with Crippen LogP contribution in [-0.2, 0) is 26.9 Å². The van der Waals surface area contributed by atoms with E-state index in [1.54, 1.807) is 13.0 Å². The van der Waals surface area contributed by atoms with Gasteiger partial charge in [0.15, 0.2) is 0 Å². The summed E-state index contributed by atoms with van der Waals surface area (Å²) in [7, 11) is 0. The normalized spacial score (nSPS) is 21.1. The highest BCUT2D eigenvalue weighted by Crippen LogP contribution is 2.35. The number of halogens is 3. The summed E-state index contributed by atoms with van der Waals surface area (Å²) in [5, 5.41) is 3.02. The number of nitrogens with one attached hydrogen (secondary N) is 1. The largest absolute Gasteiger partial charge is 0.416 e. The van der Waals surface area contributed by atoms with Crippen LogP contribution in [0.15, 0.2) is 34.5 Å². The zero-order valence-corrected chi connectivity index (χ0v) is 19.1. The molecule has 1 atom stereocenters. The van der Waals surface area contributed by atoms with Crippen molar-refractivity contribution in [2.45, 2.75) is 70.7 Å². The first-order chi connectivity index (χ1) is 15.6. The van der Waals surface area contributed by atoms with Crippen LogP contribution in [0, 0.1) is 6.92 Å². The first-order valence-electron chi connectivity index (χ1n) is 11.3. The van der Waals surface area contributed by atoms with Gasteiger partial charge in [-0.25, -0.2) is 4.99 Å². The highest BCUT2D eigenvalue weighted by Gasteiger charge is 2.33. The molecule has 1 aromatic carbocycles. The van der Waals surface area contributed by atoms with E-state index in [1.807, 2.05) is 0 Å². The number of nitrogens with two attached hydrogens (primary N) is 1. The molecule has 0 bridgehead atoms. The Kier molecular flexibility index (Phi) is 8.53. The summed E-state index contributed by atoms with van der Waals surface area (Å²) in [6.07, 6.45) is -1.52. The molecule has 2 aliphatic heterocycles. The zero-order valence-electron chi connectivity index (χ0n) is 19.1. The second-order valence-corrected chi connectivity index (χ2v) is 8.62. The molecule has 9 heteroatoms. The van der Waals surface area contributed by atoms with Crippen LogP contribution < -0.4 is 11.1 Å². The second-order valence-electron chi connectivity index (χ2n) is 8.62. The fourth-order valence-corrected chi connectivity index (χ4v) is 4.35. The van der Waals surface area contributed by atoms with Gasteiger partial charge in [-0.3, -0.25) is 4.79 Å². The van der Waals surface area contributed by atoms with E-state index < -0.39 is 11.7 Å². The van der Waals surface area contributed by atoms with Crippen LogP contribution in [0.3, 0.4) is 0 Å². The molecule has 2 heterocycles. The van der Waals surface area contributed by atoms with Gasteiger partial charge in [-0.05, 0) is 68.7 Å². The van der Waals surface area contributed by atoms with Crippen molar-refractivity contribution in [2.24, 2.45) is 10.7 Å². The number of hydrogen-bond acceptors (Lipinski definition) is 4. The Morgan fingerprint density at radius 2 is 1.94 bits per heavy atom. The van der Waals surface area contributed by atoms with Gasteiger partial charge in [0.25, 0.3) is 0 Å². The number of rotatable bonds is 7. The Bertz CT molecular complexity index is 896. The molecule has 182 valence electrons. The number of amidine groups is 1. The first-order valence-corrected chi connectivity index (χ1v) is 11.3. The average Bonchev–Trinajstić information content (AvgIpc) is 3.26. The van der Waals surface area contributed by atoms with Gasteiger partial charge in [0.2, 0.25) is 5.91 Å². The van der Waals surface area contributed by atoms with E-state index in [2.05, 4.69) is 10.3 Å². The number of alkyl halides is 3. The fraction of sp³-hybridized carbons (Fsp3) is 0.583. The molecule has 1 amide bonds. The number of ether oxygens (including phenoxy) is 2. The van der Waals surface area contributed by atoms with Crippen molar-refractivity contribution in [1.82, 2.24) is 5.32 Å². The van der Waals surface area contributed by atoms with Crippen LogP contribution in [0.2, 0.25) is 0 Å². The molecule has 0 spiro atoms. The predicted molar refractivity (Wildman–Crippen MR) is 120 cm³/mol. The summed E-state index contributed by atoms with van der Waals surface area (Å²) in [5.74, 6) is 0.0817. The minimum atomic E-state index is -4.44. The van der Waals surface area contributed by atoms with Crippen molar-refractivity contribution in [3.8, 4) is 0 Å². The molecule has 0 aromatic heterocycles. The van der Waals surface area contributed by atoms with Crippen molar-refractivity contribution in [3.05, 3.63) is 46.2 Å². The maximum absolute atomic E-state index is 13.5. The van der Waals surface area contributed by atoms with E-state index in [0.717, 1.165) is 31.7 Å². The quantitative estimate of drug-likeness (QED) is 0.468. The van der Waals surface area contributed by atoms with E-state index in [0.29, 0.717) is 36.7 Å². The summed E-state index contributed by atoms with van der Waals surface area (Å²) in [6, 6.07) is 4.21. The number of carbonyl (C=O) groups is 1. The maximum atomic E-state index is 13.5. The van der Waals surface area contributed by atoms with Crippen LogP contribution in [0.25, 0.3) is 0 Å². The summed E-state index contributed by atoms with van der Waals surface area (Å²) < 4.78 is 51.6. The van der Waals surface area contributed by atoms with Gasteiger partial charge in [0.1, 0.15) is 0 Å². The number of hydrogen-bond donors (Lipinski definition) is 2. The van der Waals surface area contributed by atoms with Crippen molar-refractivity contribution in [2.75, 3.05) is 19.8 Å². The minimum absolute atomic E-state index is 0.0148. The van der Waals surface area contributed by atoms with Crippen LogP contribution in [0.4, 0.5) is 13.2 Å². The Hall–Kier alpha value is -2.39. The molecule has 2 fully saturated rings. The Balaban J connectivity index is 1.94. The number of amides is 1. The van der Waals surface area contributed by atoms with Gasteiger partial charge in [0.05, 0.1) is 29.6 Å². The van der Waals surface area contributed by atoms with Gasteiger partial charge in [-0.1, -0.05) is 12.1 Å². The van der Waals surface area contributed by atoms with Gasteiger partial charge < -0.3 is 20.5 Å². The topological polar surface area (TPSA) is 85.9 Å². The SMILES string of the molecule is CC(N)=N/C(CC(=O)NC1CCOCC1)=C(\Cc1cccc(C(F)(F)F)c1C)C1CCCO1. The van der Waals surface area contributed by atoms with Crippen molar-refractivity contribution in [1.29, 1.82) is 0 Å². The molecule has 2 aliphatic rings. The lowest BCUT2D eigenvalue weighted by atomic mass is 9.91. The van der Waals surface area contributed by atoms with Crippen LogP contribution >= 0.6 is 0 Å². The standard InChI is InChI=1S/C24H32F3N3O3/c1-15-17(5-3-6-20(15)24(25,26)27)13-19(22-7-4-10-33-22)21(29-16(2)28)14-23(31)30-18-8-11-32-12-9-18/h3,5-6,18,22H,4,7-14H2,1-2H3,(H2,28,29)(H,30,31)/b21-19+. The third kappa shape index (κ3) is 7.04. The summed E-state index contributed by atoms with van der Waals surface area (Å²) in [4.78, 5) is 17.3. The van der Waals surface area contributed by atoms with Crippen LogP contribution in [-0.4, -0.2) is 43.7 Å². The molecular weight excluding hydrogens is 435 g/mol. The molecule has 3 N–H and O–H groups in total. The van der Waals surface area contributed by atoms with Gasteiger partial charge in [-0.15, -0.1) is 0 Å². The van der Waals surface area contributed by atoms with E-state index in [9.17, 15) is 18.0 Å². The second kappa shape index (κ2) is 11.2. The monoisotopic (exact) mass is 467 g/mol. The number of aliphatic imine (C=N–C) groups is 1. The molecule has 3 rings (SSSR count). The van der Waals surface area contributed by atoms with Crippen molar-refractivity contribution in [3.63, 3.8) is 0 Å². The van der Waals surface area contributed by atoms with Gasteiger partial charge >= 0.3 is 6.18 Å². The third-order valence-electron chi connectivity index (χ3n) is 6.05. The maximum Gasteiger partial charge on any atom is 0.416 e. The molecular formula is C24H32F3N3O3. The lowest BCUT2D eigenvalue weighted by Gasteiger charge is -2.24. The first kappa shape index (κ1) is 25.2. The van der Waals surface area contributed by atoms with E-state index in [1.165, 1.54) is 13.0 Å². The van der Waals surface area contributed by atoms with E-state index in [-0.39, 0.29) is 42.3 Å². The average molecular weight is 468 g/mol. The minimum Gasteiger partial charge on any atom is -0.387 e. The van der Waals surface area contributed by atoms with Crippen molar-refractivity contribution >= 4 is 11.7 Å². The summed E-state index contributed by atoms with van der Waals surface area (Å²) in [6.45, 7) is 4.86. The number of carbonyl (C=O) groups excluding carboxylic acids is 1. The Morgan fingerprint density at radius 3 is 2.55 bits per heavy atom. The van der Waals surface area contributed by atoms with Crippen molar-refractivity contribution < 1.29 is 27.4 Å². The number of nitrogens with zero attached hydrogens (tertiary/aromatic N) is 1. The van der Waals surface area contributed by atoms with Gasteiger partial charge in [-0.2, -0.15) is 13.2 Å². The fourth-order valence-electron chi connectivity index (χ4n) is 4.35. The lowest BCUT2D eigenvalue weighted by Crippen LogP contribution is -2.39. The molecule has 0 radical (unpaired) electrons. The molecule has 33 heavy (non-hydrogen) atoms. The third-order valence-corrected chi connectivity index (χ3v) is 6.05. The highest BCUT2D eigenvalue weighted by atomic mass is 19.4. The lowest BCUT2D eigenvalue weighted by molar-refractivity contribution is -0.138. The van der Waals surface area contributed by atoms with E-state index in [4.69, 9.17) is 15.2 Å². The van der Waals surface area contributed by atoms with Crippen LogP contribution in [0.5, 0.6) is 0 Å². The number of benzene rings is 1. The van der Waals surface area contributed by atoms with Crippen LogP contribution in [0.1, 0.15) is 55.7 Å². The molecule has 6 nitrogen and oxygen atoms in total. The smallest absolute Gasteiger partial charge is 0.387 e. The Morgan fingerprint density at radius 1 is 1.21 bits per heavy atom. The summed E-state index contributed by atoms with van der Waals surface area (Å²) >= 11 is 0. The van der Waals surface area contributed by atoms with E-state index >= 15 is 0 Å².